The molecule has 0 atom stereocenters. The molecule has 28 heavy (non-hydrogen) atoms. The van der Waals surface area contributed by atoms with Crippen LogP contribution in [0.3, 0.4) is 0 Å². The summed E-state index contributed by atoms with van der Waals surface area (Å²) in [6, 6.07) is 8.58. The predicted octanol–water partition coefficient (Wildman–Crippen LogP) is 3.96. The van der Waals surface area contributed by atoms with E-state index in [1.807, 2.05) is 6.07 Å². The molecule has 0 saturated heterocycles. The van der Waals surface area contributed by atoms with E-state index in [1.165, 1.54) is 18.2 Å². The van der Waals surface area contributed by atoms with Gasteiger partial charge in [0, 0.05) is 25.0 Å². The van der Waals surface area contributed by atoms with Crippen LogP contribution in [0.1, 0.15) is 24.8 Å². The molecule has 0 bridgehead atoms. The first kappa shape index (κ1) is 18.1. The SMILES string of the molecule is Cn1cc(NC(=O)NC2(c3c(F)cccc3F)CCC2)c(-c2ccccn2)n1. The summed E-state index contributed by atoms with van der Waals surface area (Å²) in [6.45, 7) is 0. The van der Waals surface area contributed by atoms with Crippen molar-refractivity contribution in [2.75, 3.05) is 5.32 Å². The van der Waals surface area contributed by atoms with Crippen LogP contribution in [0.15, 0.2) is 48.8 Å². The smallest absolute Gasteiger partial charge is 0.320 e. The lowest BCUT2D eigenvalue weighted by atomic mass is 9.71. The zero-order chi connectivity index (χ0) is 19.7. The van der Waals surface area contributed by atoms with Gasteiger partial charge in [0.15, 0.2) is 0 Å². The summed E-state index contributed by atoms with van der Waals surface area (Å²) in [5, 5.41) is 9.86. The summed E-state index contributed by atoms with van der Waals surface area (Å²) in [5.41, 5.74) is 0.442. The monoisotopic (exact) mass is 383 g/mol. The van der Waals surface area contributed by atoms with Crippen molar-refractivity contribution in [1.29, 1.82) is 0 Å². The van der Waals surface area contributed by atoms with Crippen LogP contribution in [0.4, 0.5) is 19.3 Å². The number of urea groups is 1. The Morgan fingerprint density at radius 3 is 2.50 bits per heavy atom. The van der Waals surface area contributed by atoms with Crippen LogP contribution >= 0.6 is 0 Å². The lowest BCUT2D eigenvalue weighted by Crippen LogP contribution is -2.53. The van der Waals surface area contributed by atoms with Gasteiger partial charge in [0.2, 0.25) is 0 Å². The Kier molecular flexibility index (Phi) is 4.54. The minimum Gasteiger partial charge on any atom is -0.328 e. The first-order chi connectivity index (χ1) is 13.5. The summed E-state index contributed by atoms with van der Waals surface area (Å²) in [4.78, 5) is 16.9. The number of aryl methyl sites for hydroxylation is 1. The van der Waals surface area contributed by atoms with Gasteiger partial charge in [-0.05, 0) is 43.5 Å². The maximum absolute atomic E-state index is 14.3. The van der Waals surface area contributed by atoms with E-state index in [0.29, 0.717) is 29.9 Å². The zero-order valence-corrected chi connectivity index (χ0v) is 15.2. The fourth-order valence-corrected chi connectivity index (χ4v) is 3.57. The van der Waals surface area contributed by atoms with Gasteiger partial charge in [0.25, 0.3) is 0 Å². The second-order valence-electron chi connectivity index (χ2n) is 6.89. The van der Waals surface area contributed by atoms with E-state index in [4.69, 9.17) is 0 Å². The average molecular weight is 383 g/mol. The molecule has 1 aromatic carbocycles. The lowest BCUT2D eigenvalue weighted by molar-refractivity contribution is 0.175. The molecule has 0 aliphatic heterocycles. The third-order valence-corrected chi connectivity index (χ3v) is 4.99. The number of halogens is 2. The van der Waals surface area contributed by atoms with Crippen LogP contribution in [0.2, 0.25) is 0 Å². The molecule has 144 valence electrons. The normalized spacial score (nSPS) is 15.0. The molecule has 2 N–H and O–H groups in total. The Morgan fingerprint density at radius 2 is 1.89 bits per heavy atom. The number of anilines is 1. The first-order valence-electron chi connectivity index (χ1n) is 8.97. The van der Waals surface area contributed by atoms with E-state index in [9.17, 15) is 13.6 Å². The van der Waals surface area contributed by atoms with Crippen molar-refractivity contribution in [2.45, 2.75) is 24.8 Å². The van der Waals surface area contributed by atoms with E-state index in [2.05, 4.69) is 20.7 Å². The lowest BCUT2D eigenvalue weighted by Gasteiger charge is -2.43. The maximum atomic E-state index is 14.3. The Labute approximate surface area is 160 Å². The largest absolute Gasteiger partial charge is 0.328 e. The number of carbonyl (C=O) groups is 1. The molecule has 8 heteroatoms. The molecule has 6 nitrogen and oxygen atoms in total. The van der Waals surface area contributed by atoms with E-state index in [1.54, 1.807) is 36.3 Å². The summed E-state index contributed by atoms with van der Waals surface area (Å²) in [6.07, 6.45) is 5.01. The Balaban J connectivity index is 1.59. The molecule has 2 aromatic heterocycles. The molecule has 1 aliphatic carbocycles. The van der Waals surface area contributed by atoms with Gasteiger partial charge >= 0.3 is 6.03 Å². The molecule has 2 heterocycles. The van der Waals surface area contributed by atoms with Crippen molar-refractivity contribution >= 4 is 11.7 Å². The van der Waals surface area contributed by atoms with Gasteiger partial charge in [0.1, 0.15) is 17.3 Å². The number of nitrogens with one attached hydrogen (secondary N) is 2. The molecule has 3 aromatic rings. The van der Waals surface area contributed by atoms with Crippen molar-refractivity contribution in [3.63, 3.8) is 0 Å². The van der Waals surface area contributed by atoms with E-state index < -0.39 is 23.2 Å². The number of pyridine rings is 1. The van der Waals surface area contributed by atoms with Gasteiger partial charge in [-0.2, -0.15) is 5.10 Å². The highest BCUT2D eigenvalue weighted by Crippen LogP contribution is 2.43. The highest BCUT2D eigenvalue weighted by molar-refractivity contribution is 5.93. The van der Waals surface area contributed by atoms with Crippen LogP contribution in [0.25, 0.3) is 11.4 Å². The van der Waals surface area contributed by atoms with Crippen LogP contribution in [0, 0.1) is 11.6 Å². The van der Waals surface area contributed by atoms with Crippen molar-refractivity contribution in [2.24, 2.45) is 7.05 Å². The molecule has 1 aliphatic rings. The van der Waals surface area contributed by atoms with E-state index in [-0.39, 0.29) is 5.56 Å². The summed E-state index contributed by atoms with van der Waals surface area (Å²) in [5.74, 6) is -1.31. The fraction of sp³-hybridized carbons (Fsp3) is 0.250. The average Bonchev–Trinajstić information content (AvgIpc) is 3.00. The molecule has 1 saturated carbocycles. The predicted molar refractivity (Wildman–Crippen MR) is 100 cm³/mol. The molecule has 4 rings (SSSR count). The van der Waals surface area contributed by atoms with Crippen molar-refractivity contribution in [3.8, 4) is 11.4 Å². The third kappa shape index (κ3) is 3.21. The second-order valence-corrected chi connectivity index (χ2v) is 6.89. The number of benzene rings is 1. The number of hydrogen-bond acceptors (Lipinski definition) is 3. The number of rotatable bonds is 4. The van der Waals surface area contributed by atoms with Crippen LogP contribution in [0.5, 0.6) is 0 Å². The Hall–Kier alpha value is -3.29. The summed E-state index contributed by atoms with van der Waals surface area (Å²) >= 11 is 0. The number of carbonyl (C=O) groups excluding carboxylic acids is 1. The minimum atomic E-state index is -1.05. The van der Waals surface area contributed by atoms with Crippen LogP contribution in [-0.2, 0) is 12.6 Å². The van der Waals surface area contributed by atoms with Gasteiger partial charge in [-0.15, -0.1) is 0 Å². The molecular weight excluding hydrogens is 364 g/mol. The fourth-order valence-electron chi connectivity index (χ4n) is 3.57. The first-order valence-corrected chi connectivity index (χ1v) is 8.97. The number of hydrogen-bond donors (Lipinski definition) is 2. The molecular formula is C20H19F2N5O. The van der Waals surface area contributed by atoms with Gasteiger partial charge in [-0.3, -0.25) is 9.67 Å². The van der Waals surface area contributed by atoms with Crippen molar-refractivity contribution < 1.29 is 13.6 Å². The molecule has 0 unspecified atom stereocenters. The standard InChI is InChI=1S/C20H19F2N5O/c1-27-12-16(18(26-27)15-8-2-3-11-23-15)24-19(28)25-20(9-5-10-20)17-13(21)6-4-7-14(17)22/h2-4,6-8,11-12H,5,9-10H2,1H3,(H2,24,25,28). The highest BCUT2D eigenvalue weighted by Gasteiger charge is 2.44. The second kappa shape index (κ2) is 7.03. The number of aromatic nitrogens is 3. The van der Waals surface area contributed by atoms with Crippen LogP contribution in [-0.4, -0.2) is 20.8 Å². The van der Waals surface area contributed by atoms with Gasteiger partial charge in [-0.1, -0.05) is 12.1 Å². The summed E-state index contributed by atoms with van der Waals surface area (Å²) < 4.78 is 30.2. The molecule has 0 spiro atoms. The number of nitrogens with zero attached hydrogens (tertiary/aromatic N) is 3. The molecule has 0 radical (unpaired) electrons. The molecule has 1 fully saturated rings. The topological polar surface area (TPSA) is 71.8 Å². The van der Waals surface area contributed by atoms with Gasteiger partial charge < -0.3 is 10.6 Å². The third-order valence-electron chi connectivity index (χ3n) is 4.99. The minimum absolute atomic E-state index is 0.0902. The number of amides is 2. The van der Waals surface area contributed by atoms with Crippen molar-refractivity contribution in [1.82, 2.24) is 20.1 Å². The Bertz CT molecular complexity index is 994. The van der Waals surface area contributed by atoms with Gasteiger partial charge in [0.05, 0.1) is 16.9 Å². The Morgan fingerprint density at radius 1 is 1.14 bits per heavy atom. The zero-order valence-electron chi connectivity index (χ0n) is 15.2. The van der Waals surface area contributed by atoms with Crippen molar-refractivity contribution in [3.05, 3.63) is 66.0 Å². The molecule has 2 amide bonds. The quantitative estimate of drug-likeness (QED) is 0.716. The highest BCUT2D eigenvalue weighted by atomic mass is 19.1. The summed E-state index contributed by atoms with van der Waals surface area (Å²) in [7, 11) is 1.73. The van der Waals surface area contributed by atoms with Gasteiger partial charge in [-0.25, -0.2) is 13.6 Å². The van der Waals surface area contributed by atoms with E-state index in [0.717, 1.165) is 6.42 Å². The van der Waals surface area contributed by atoms with Crippen LogP contribution < -0.4 is 10.6 Å². The maximum Gasteiger partial charge on any atom is 0.320 e. The van der Waals surface area contributed by atoms with E-state index >= 15 is 0 Å².